The van der Waals surface area contributed by atoms with Gasteiger partial charge in [0.25, 0.3) is 5.91 Å². The Kier molecular flexibility index (Phi) is 3.57. The third-order valence-electron chi connectivity index (χ3n) is 3.75. The molecule has 3 N–H and O–H groups in total. The number of hydrazine groups is 1. The molecule has 0 saturated heterocycles. The first-order valence-electron chi connectivity index (χ1n) is 6.35. The first kappa shape index (κ1) is 12.9. The van der Waals surface area contributed by atoms with Gasteiger partial charge in [-0.3, -0.25) is 10.6 Å². The maximum atomic E-state index is 12.3. The van der Waals surface area contributed by atoms with Crippen molar-refractivity contribution in [2.45, 2.75) is 20.3 Å². The second-order valence-electron chi connectivity index (χ2n) is 5.33. The first-order valence-corrected chi connectivity index (χ1v) is 6.35. The van der Waals surface area contributed by atoms with E-state index in [0.29, 0.717) is 5.92 Å². The minimum absolute atomic E-state index is 0.0928. The smallest absolute Gasteiger partial charge is 0.253 e. The maximum absolute atomic E-state index is 12.3. The van der Waals surface area contributed by atoms with Crippen molar-refractivity contribution in [3.8, 4) is 0 Å². The molecule has 98 valence electrons. The molecule has 1 fully saturated rings. The minimum atomic E-state index is 0.0928. The van der Waals surface area contributed by atoms with Crippen LogP contribution in [0.3, 0.4) is 0 Å². The van der Waals surface area contributed by atoms with Gasteiger partial charge in [-0.25, -0.2) is 0 Å². The van der Waals surface area contributed by atoms with Crippen molar-refractivity contribution in [3.05, 3.63) is 29.3 Å². The Labute approximate surface area is 108 Å². The average Bonchev–Trinajstić information content (AvgIpc) is 3.03. The zero-order chi connectivity index (χ0) is 13.3. The fraction of sp³-hybridized carbons (Fsp3) is 0.500. The summed E-state index contributed by atoms with van der Waals surface area (Å²) in [5.74, 6) is 6.89. The molecule has 1 aromatic rings. The Hall–Kier alpha value is -1.55. The van der Waals surface area contributed by atoms with Crippen LogP contribution in [0.1, 0.15) is 29.3 Å². The van der Waals surface area contributed by atoms with Crippen LogP contribution in [0.25, 0.3) is 0 Å². The Morgan fingerprint density at radius 2 is 2.22 bits per heavy atom. The minimum Gasteiger partial charge on any atom is -0.341 e. The number of amides is 1. The molecule has 2 unspecified atom stereocenters. The molecule has 1 saturated carbocycles. The Bertz CT molecular complexity index is 458. The average molecular weight is 247 g/mol. The lowest BCUT2D eigenvalue weighted by Crippen LogP contribution is -2.29. The van der Waals surface area contributed by atoms with Crippen LogP contribution in [0.2, 0.25) is 0 Å². The van der Waals surface area contributed by atoms with Gasteiger partial charge >= 0.3 is 0 Å². The number of rotatable bonds is 4. The molecule has 1 aliphatic carbocycles. The summed E-state index contributed by atoms with van der Waals surface area (Å²) in [6.45, 7) is 5.02. The van der Waals surface area contributed by atoms with Crippen LogP contribution in [-0.4, -0.2) is 24.4 Å². The van der Waals surface area contributed by atoms with Crippen molar-refractivity contribution in [1.82, 2.24) is 4.90 Å². The van der Waals surface area contributed by atoms with Gasteiger partial charge < -0.3 is 10.3 Å². The normalized spacial score (nSPS) is 21.6. The van der Waals surface area contributed by atoms with E-state index in [2.05, 4.69) is 12.3 Å². The fourth-order valence-corrected chi connectivity index (χ4v) is 2.29. The SMILES string of the molecule is Cc1cc(NN)ccc1C(=O)N(C)CC1CC1C. The van der Waals surface area contributed by atoms with E-state index in [4.69, 9.17) is 5.84 Å². The van der Waals surface area contributed by atoms with Crippen molar-refractivity contribution >= 4 is 11.6 Å². The largest absolute Gasteiger partial charge is 0.341 e. The van der Waals surface area contributed by atoms with E-state index in [1.807, 2.05) is 37.1 Å². The number of anilines is 1. The van der Waals surface area contributed by atoms with Crippen LogP contribution in [0, 0.1) is 18.8 Å². The number of nitrogens with zero attached hydrogens (tertiary/aromatic N) is 1. The van der Waals surface area contributed by atoms with Crippen LogP contribution >= 0.6 is 0 Å². The van der Waals surface area contributed by atoms with Gasteiger partial charge in [-0.1, -0.05) is 6.92 Å². The number of hydrogen-bond donors (Lipinski definition) is 2. The molecule has 0 heterocycles. The molecule has 4 nitrogen and oxygen atoms in total. The summed E-state index contributed by atoms with van der Waals surface area (Å²) in [4.78, 5) is 14.1. The van der Waals surface area contributed by atoms with E-state index >= 15 is 0 Å². The van der Waals surface area contributed by atoms with Gasteiger partial charge in [-0.05, 0) is 48.9 Å². The molecule has 2 rings (SSSR count). The number of carbonyl (C=O) groups excluding carboxylic acids is 1. The predicted octanol–water partition coefficient (Wildman–Crippen LogP) is 2.01. The fourth-order valence-electron chi connectivity index (χ4n) is 2.29. The highest BCUT2D eigenvalue weighted by Gasteiger charge is 2.34. The van der Waals surface area contributed by atoms with E-state index in [1.54, 1.807) is 0 Å². The van der Waals surface area contributed by atoms with Crippen LogP contribution in [0.5, 0.6) is 0 Å². The summed E-state index contributed by atoms with van der Waals surface area (Å²) < 4.78 is 0. The van der Waals surface area contributed by atoms with Crippen molar-refractivity contribution in [2.24, 2.45) is 17.7 Å². The van der Waals surface area contributed by atoms with E-state index < -0.39 is 0 Å². The molecule has 1 aromatic carbocycles. The lowest BCUT2D eigenvalue weighted by Gasteiger charge is -2.18. The van der Waals surface area contributed by atoms with Gasteiger partial charge in [-0.2, -0.15) is 0 Å². The number of hydrogen-bond acceptors (Lipinski definition) is 3. The molecular weight excluding hydrogens is 226 g/mol. The monoisotopic (exact) mass is 247 g/mol. The summed E-state index contributed by atoms with van der Waals surface area (Å²) in [6, 6.07) is 5.55. The predicted molar refractivity (Wildman–Crippen MR) is 73.2 cm³/mol. The maximum Gasteiger partial charge on any atom is 0.253 e. The summed E-state index contributed by atoms with van der Waals surface area (Å²) >= 11 is 0. The zero-order valence-corrected chi connectivity index (χ0v) is 11.2. The standard InChI is InChI=1S/C14H21N3O/c1-9-6-11(9)8-17(3)14(18)13-5-4-12(16-15)7-10(13)2/h4-5,7,9,11,16H,6,8,15H2,1-3H3. The van der Waals surface area contributed by atoms with Crippen molar-refractivity contribution in [1.29, 1.82) is 0 Å². The molecular formula is C14H21N3O. The molecule has 0 radical (unpaired) electrons. The van der Waals surface area contributed by atoms with Gasteiger partial charge in [0.2, 0.25) is 0 Å². The number of benzene rings is 1. The second kappa shape index (κ2) is 4.98. The third kappa shape index (κ3) is 2.64. The molecule has 2 atom stereocenters. The van der Waals surface area contributed by atoms with Gasteiger partial charge in [0.05, 0.1) is 0 Å². The summed E-state index contributed by atoms with van der Waals surface area (Å²) in [7, 11) is 1.88. The van der Waals surface area contributed by atoms with Gasteiger partial charge in [0.1, 0.15) is 0 Å². The van der Waals surface area contributed by atoms with Gasteiger partial charge in [0, 0.05) is 24.8 Å². The van der Waals surface area contributed by atoms with Crippen molar-refractivity contribution < 1.29 is 4.79 Å². The molecule has 0 spiro atoms. The van der Waals surface area contributed by atoms with E-state index in [0.717, 1.165) is 29.3 Å². The van der Waals surface area contributed by atoms with Crippen LogP contribution < -0.4 is 11.3 Å². The Morgan fingerprint density at radius 1 is 1.56 bits per heavy atom. The number of nitrogens with one attached hydrogen (secondary N) is 1. The van der Waals surface area contributed by atoms with Crippen molar-refractivity contribution in [2.75, 3.05) is 19.0 Å². The summed E-state index contributed by atoms with van der Waals surface area (Å²) in [5.41, 5.74) is 5.11. The summed E-state index contributed by atoms with van der Waals surface area (Å²) in [6.07, 6.45) is 1.24. The van der Waals surface area contributed by atoms with Gasteiger partial charge in [0.15, 0.2) is 0 Å². The third-order valence-corrected chi connectivity index (χ3v) is 3.75. The topological polar surface area (TPSA) is 58.4 Å². The quantitative estimate of drug-likeness (QED) is 0.632. The van der Waals surface area contributed by atoms with E-state index in [9.17, 15) is 4.79 Å². The highest BCUT2D eigenvalue weighted by atomic mass is 16.2. The molecule has 0 aliphatic heterocycles. The molecule has 18 heavy (non-hydrogen) atoms. The second-order valence-corrected chi connectivity index (χ2v) is 5.33. The lowest BCUT2D eigenvalue weighted by molar-refractivity contribution is 0.0786. The highest BCUT2D eigenvalue weighted by Crippen LogP contribution is 2.38. The van der Waals surface area contributed by atoms with Crippen molar-refractivity contribution in [3.63, 3.8) is 0 Å². The molecule has 1 amide bonds. The number of carbonyl (C=O) groups is 1. The van der Waals surface area contributed by atoms with Crippen LogP contribution in [0.4, 0.5) is 5.69 Å². The number of nitrogen functional groups attached to an aromatic ring is 1. The zero-order valence-electron chi connectivity index (χ0n) is 11.2. The first-order chi connectivity index (χ1) is 8.52. The van der Waals surface area contributed by atoms with Crippen LogP contribution in [0.15, 0.2) is 18.2 Å². The van der Waals surface area contributed by atoms with E-state index in [-0.39, 0.29) is 5.91 Å². The highest BCUT2D eigenvalue weighted by molar-refractivity contribution is 5.95. The Morgan fingerprint density at radius 3 is 2.72 bits per heavy atom. The Balaban J connectivity index is 2.07. The van der Waals surface area contributed by atoms with Gasteiger partial charge in [-0.15, -0.1) is 0 Å². The molecule has 0 aromatic heterocycles. The number of aryl methyl sites for hydroxylation is 1. The van der Waals surface area contributed by atoms with E-state index in [1.165, 1.54) is 6.42 Å². The molecule has 4 heteroatoms. The van der Waals surface area contributed by atoms with Crippen LogP contribution in [-0.2, 0) is 0 Å². The molecule has 1 aliphatic rings. The molecule has 0 bridgehead atoms. The number of nitrogens with two attached hydrogens (primary N) is 1. The lowest BCUT2D eigenvalue weighted by atomic mass is 10.1. The summed E-state index contributed by atoms with van der Waals surface area (Å²) in [5, 5.41) is 0.